The Bertz CT molecular complexity index is 245. The minimum atomic E-state index is -1.88. The molecule has 0 aromatic carbocycles. The zero-order valence-corrected chi connectivity index (χ0v) is 11.6. The number of hydrogen-bond donors (Lipinski definition) is 2. The van der Waals surface area contributed by atoms with E-state index in [0.29, 0.717) is 0 Å². The molecule has 1 unspecified atom stereocenters. The van der Waals surface area contributed by atoms with Crippen LogP contribution >= 0.6 is 5.78 Å². The van der Waals surface area contributed by atoms with Crippen LogP contribution < -0.4 is 0 Å². The molecule has 0 aromatic rings. The summed E-state index contributed by atoms with van der Waals surface area (Å²) in [5, 5.41) is 18.7. The average Bonchev–Trinajstić information content (AvgIpc) is 2.28. The molecule has 7 heteroatoms. The van der Waals surface area contributed by atoms with Gasteiger partial charge < -0.3 is 0 Å². The van der Waals surface area contributed by atoms with Crippen LogP contribution in [0.25, 0.3) is 0 Å². The predicted molar refractivity (Wildman–Crippen MR) is 48.8 cm³/mol. The van der Waals surface area contributed by atoms with Gasteiger partial charge in [-0.05, 0) is 0 Å². The Balaban J connectivity index is 2.61. The molecule has 0 heterocycles. The zero-order valence-electron chi connectivity index (χ0n) is 7.76. The summed E-state index contributed by atoms with van der Waals surface area (Å²) >= 11 is 1.26. The van der Waals surface area contributed by atoms with Gasteiger partial charge in [0, 0.05) is 0 Å². The first-order chi connectivity index (χ1) is 6.37. The van der Waals surface area contributed by atoms with E-state index in [-0.39, 0.29) is 13.0 Å². The average molecular weight is 389 g/mol. The number of hydrogen-bond acceptors (Lipinski definition) is 3. The van der Waals surface area contributed by atoms with Crippen molar-refractivity contribution in [3.8, 4) is 0 Å². The van der Waals surface area contributed by atoms with Crippen LogP contribution in [0.15, 0.2) is 0 Å². The van der Waals surface area contributed by atoms with E-state index in [1.807, 2.05) is 6.66 Å². The molecule has 2 N–H and O–H groups in total. The van der Waals surface area contributed by atoms with Crippen LogP contribution in [-0.4, -0.2) is 49.2 Å². The zero-order chi connectivity index (χ0) is 10.9. The second kappa shape index (κ2) is 4.80. The first-order valence-electron chi connectivity index (χ1n) is 4.21. The summed E-state index contributed by atoms with van der Waals surface area (Å²) in [6.45, 7) is 1.70. The van der Waals surface area contributed by atoms with Gasteiger partial charge in [-0.1, -0.05) is 0 Å². The predicted octanol–water partition coefficient (Wildman–Crippen LogP) is 0.282. The van der Waals surface area contributed by atoms with Crippen LogP contribution in [0.5, 0.6) is 0 Å². The fourth-order valence-electron chi connectivity index (χ4n) is 1.52. The Labute approximate surface area is 95.0 Å². The van der Waals surface area contributed by atoms with Gasteiger partial charge in [-0.3, -0.25) is 0 Å². The van der Waals surface area contributed by atoms with Crippen molar-refractivity contribution >= 4 is 13.6 Å². The number of alkyl halides is 1. The van der Waals surface area contributed by atoms with Crippen LogP contribution in [0.3, 0.4) is 0 Å². The Hall–Kier alpha value is 0.863. The normalized spacial score (nSPS) is 44.0. The van der Waals surface area contributed by atoms with Crippen molar-refractivity contribution in [2.24, 2.45) is 0 Å². The Morgan fingerprint density at radius 1 is 1.71 bits per heavy atom. The van der Waals surface area contributed by atoms with Crippen molar-refractivity contribution < 1.29 is 37.9 Å². The molecule has 1 rings (SSSR count). The van der Waals surface area contributed by atoms with Gasteiger partial charge in [0.05, 0.1) is 0 Å². The number of rotatable bonds is 3. The number of aliphatic hydroxyl groups excluding tert-OH is 2. The molecule has 5 atom stereocenters. The molecular weight excluding hydrogens is 377 g/mol. The molecule has 78 valence electrons. The molecule has 3 nitrogen and oxygen atoms in total. The standard InChI is InChI=1S/C7H12BFO3P.W/c1-13-12-3-7(9)2-4(8)5(10)6(7)11;/h4-6,10-11H,2-3H2,1H3;/q-1;+2/t4-,5+,6+,7+;/m1./s1. The van der Waals surface area contributed by atoms with Gasteiger partial charge in [-0.25, -0.2) is 0 Å². The Morgan fingerprint density at radius 2 is 2.29 bits per heavy atom. The summed E-state index contributed by atoms with van der Waals surface area (Å²) in [7, 11) is 5.46. The minimum absolute atomic E-state index is 0.0478. The molecule has 0 aromatic heterocycles. The fourth-order valence-corrected chi connectivity index (χ4v) is 2.48. The van der Waals surface area contributed by atoms with Gasteiger partial charge in [0.1, 0.15) is 0 Å². The van der Waals surface area contributed by atoms with Gasteiger partial charge in [0.2, 0.25) is 0 Å². The first kappa shape index (κ1) is 12.9. The van der Waals surface area contributed by atoms with E-state index >= 15 is 0 Å². The fraction of sp³-hybridized carbons (Fsp3) is 1.00. The van der Waals surface area contributed by atoms with E-state index in [1.165, 1.54) is 18.8 Å². The van der Waals surface area contributed by atoms with Gasteiger partial charge in [-0.2, -0.15) is 0 Å². The molecule has 0 amide bonds. The van der Waals surface area contributed by atoms with Crippen molar-refractivity contribution in [3.05, 3.63) is 0 Å². The van der Waals surface area contributed by atoms with Gasteiger partial charge >= 0.3 is 94.9 Å². The number of aliphatic hydroxyl groups is 2. The number of halogens is 1. The maximum atomic E-state index is 14.0. The second-order valence-corrected chi connectivity index (χ2v) is 10.2. The molecular formula is C7H12BFO3PW+. The molecule has 2 radical (unpaired) electrons. The molecule has 14 heavy (non-hydrogen) atoms. The van der Waals surface area contributed by atoms with Gasteiger partial charge in [0.15, 0.2) is 0 Å². The monoisotopic (exact) mass is 389 g/mol. The van der Waals surface area contributed by atoms with Crippen LogP contribution in [0.2, 0.25) is 5.82 Å². The van der Waals surface area contributed by atoms with Crippen LogP contribution in [-0.2, 0) is 23.3 Å². The molecule has 0 spiro atoms. The van der Waals surface area contributed by atoms with Crippen LogP contribution in [0.4, 0.5) is 4.39 Å². The first-order valence-corrected chi connectivity index (χ1v) is 9.77. The summed E-state index contributed by atoms with van der Waals surface area (Å²) in [6.07, 6.45) is -2.66. The van der Waals surface area contributed by atoms with E-state index < -0.39 is 29.5 Å². The summed E-state index contributed by atoms with van der Waals surface area (Å²) < 4.78 is 19.2. The molecule has 0 saturated heterocycles. The van der Waals surface area contributed by atoms with Crippen LogP contribution in [0, 0.1) is 0 Å². The van der Waals surface area contributed by atoms with Crippen molar-refractivity contribution in [1.82, 2.24) is 0 Å². The third-order valence-electron chi connectivity index (χ3n) is 2.35. The maximum absolute atomic E-state index is 14.0. The van der Waals surface area contributed by atoms with Crippen molar-refractivity contribution in [2.45, 2.75) is 30.1 Å². The molecule has 1 aliphatic carbocycles. The molecule has 1 aliphatic rings. The van der Waals surface area contributed by atoms with Gasteiger partial charge in [0.25, 0.3) is 0 Å². The van der Waals surface area contributed by atoms with Crippen molar-refractivity contribution in [3.63, 3.8) is 0 Å². The van der Waals surface area contributed by atoms with Crippen molar-refractivity contribution in [1.29, 1.82) is 0 Å². The Kier molecular flexibility index (Phi) is 4.43. The van der Waals surface area contributed by atoms with E-state index in [0.717, 1.165) is 0 Å². The summed E-state index contributed by atoms with van der Waals surface area (Å²) in [5.74, 6) is -1.29. The molecule has 1 fully saturated rings. The molecule has 0 bridgehead atoms. The van der Waals surface area contributed by atoms with E-state index in [1.54, 1.807) is 0 Å². The summed E-state index contributed by atoms with van der Waals surface area (Å²) in [5.41, 5.74) is -1.88. The summed E-state index contributed by atoms with van der Waals surface area (Å²) in [6, 6.07) is 0. The van der Waals surface area contributed by atoms with E-state index in [9.17, 15) is 14.6 Å². The second-order valence-electron chi connectivity index (χ2n) is 3.55. The molecule has 0 aliphatic heterocycles. The van der Waals surface area contributed by atoms with E-state index in [4.69, 9.17) is 12.4 Å². The van der Waals surface area contributed by atoms with Gasteiger partial charge in [-0.15, -0.1) is 0 Å². The Morgan fingerprint density at radius 3 is 2.64 bits per heavy atom. The third-order valence-corrected chi connectivity index (χ3v) is 3.98. The third kappa shape index (κ3) is 2.71. The van der Waals surface area contributed by atoms with E-state index in [2.05, 4.69) is 0 Å². The van der Waals surface area contributed by atoms with Crippen molar-refractivity contribution in [2.75, 3.05) is 13.3 Å². The summed E-state index contributed by atoms with van der Waals surface area (Å²) in [4.78, 5) is 0. The topological polar surface area (TPSA) is 49.7 Å². The molecule has 1 saturated carbocycles. The quantitative estimate of drug-likeness (QED) is 0.539. The van der Waals surface area contributed by atoms with Crippen LogP contribution in [0.1, 0.15) is 6.42 Å². The SMILES string of the molecule is [B][C@@H]1C[C@](F)(CO[P+](C)=[W])[C@@H](O)[C@H]1O.